The largest absolute Gasteiger partial charge is 0.336 e. The number of nitrogens with zero attached hydrogens (tertiary/aromatic N) is 1. The van der Waals surface area contributed by atoms with Crippen molar-refractivity contribution in [2.75, 3.05) is 6.54 Å². The van der Waals surface area contributed by atoms with Crippen molar-refractivity contribution in [1.29, 1.82) is 0 Å². The number of hydrogen-bond acceptors (Lipinski definition) is 2. The minimum Gasteiger partial charge on any atom is -0.336 e. The maximum Gasteiger partial charge on any atom is 0.0722 e. The quantitative estimate of drug-likeness (QED) is 0.751. The van der Waals surface area contributed by atoms with E-state index < -0.39 is 0 Å². The molecule has 0 bridgehead atoms. The second-order valence-electron chi connectivity index (χ2n) is 5.12. The second kappa shape index (κ2) is 6.68. The number of thioether (sulfide) groups is 1. The van der Waals surface area contributed by atoms with Crippen LogP contribution in [0.2, 0.25) is 0 Å². The van der Waals surface area contributed by atoms with Gasteiger partial charge in [0.05, 0.1) is 10.7 Å². The zero-order chi connectivity index (χ0) is 14.5. The van der Waals surface area contributed by atoms with Crippen LogP contribution < -0.4 is 0 Å². The van der Waals surface area contributed by atoms with E-state index in [9.17, 15) is 0 Å². The van der Waals surface area contributed by atoms with Gasteiger partial charge in [-0.3, -0.25) is 0 Å². The minimum absolute atomic E-state index is 1.02. The topological polar surface area (TPSA) is 3.24 Å². The maximum absolute atomic E-state index is 4.17. The first-order valence-corrected chi connectivity index (χ1v) is 8.15. The number of hydrogen-bond donors (Lipinski definition) is 0. The van der Waals surface area contributed by atoms with Crippen molar-refractivity contribution in [3.8, 4) is 0 Å². The predicted octanol–water partition coefficient (Wildman–Crippen LogP) is 5.14. The predicted molar refractivity (Wildman–Crippen MR) is 92.6 cm³/mol. The average Bonchev–Trinajstić information content (AvgIpc) is 2.91. The highest BCUT2D eigenvalue weighted by Crippen LogP contribution is 2.38. The Morgan fingerprint density at radius 2 is 1.57 bits per heavy atom. The molecule has 3 rings (SSSR count). The summed E-state index contributed by atoms with van der Waals surface area (Å²) < 4.78 is 0. The van der Waals surface area contributed by atoms with Gasteiger partial charge >= 0.3 is 0 Å². The molecule has 21 heavy (non-hydrogen) atoms. The van der Waals surface area contributed by atoms with Crippen LogP contribution >= 0.6 is 11.8 Å². The molecule has 106 valence electrons. The summed E-state index contributed by atoms with van der Waals surface area (Å²) in [6.45, 7) is 5.19. The van der Waals surface area contributed by atoms with E-state index in [1.807, 2.05) is 0 Å². The van der Waals surface area contributed by atoms with E-state index in [-0.39, 0.29) is 0 Å². The molecular weight excluding hydrogens is 274 g/mol. The molecular formula is C19H19NS. The van der Waals surface area contributed by atoms with E-state index in [1.165, 1.54) is 16.8 Å². The van der Waals surface area contributed by atoms with Gasteiger partial charge in [-0.1, -0.05) is 79.0 Å². The lowest BCUT2D eigenvalue weighted by Gasteiger charge is -2.23. The van der Waals surface area contributed by atoms with Gasteiger partial charge in [0, 0.05) is 12.0 Å². The average molecular weight is 293 g/mol. The van der Waals surface area contributed by atoms with E-state index in [1.54, 1.807) is 11.8 Å². The van der Waals surface area contributed by atoms with Crippen molar-refractivity contribution in [1.82, 2.24) is 4.90 Å². The van der Waals surface area contributed by atoms with E-state index in [2.05, 4.69) is 77.6 Å². The van der Waals surface area contributed by atoms with E-state index >= 15 is 0 Å². The van der Waals surface area contributed by atoms with Crippen LogP contribution in [0.1, 0.15) is 17.5 Å². The maximum atomic E-state index is 4.17. The fourth-order valence-corrected chi connectivity index (χ4v) is 3.38. The Labute approximate surface area is 131 Å². The van der Waals surface area contributed by atoms with Crippen LogP contribution in [0.5, 0.6) is 0 Å². The molecule has 0 aromatic heterocycles. The molecule has 0 spiro atoms. The third kappa shape index (κ3) is 3.40. The lowest BCUT2D eigenvalue weighted by molar-refractivity contribution is 0.506. The van der Waals surface area contributed by atoms with Gasteiger partial charge in [0.15, 0.2) is 0 Å². The van der Waals surface area contributed by atoms with Gasteiger partial charge in [-0.05, 0) is 24.0 Å². The summed E-state index contributed by atoms with van der Waals surface area (Å²) in [5.41, 5.74) is 3.95. The molecule has 0 atom stereocenters. The molecule has 0 amide bonds. The molecule has 0 unspecified atom stereocenters. The highest BCUT2D eigenvalue weighted by atomic mass is 32.2. The van der Waals surface area contributed by atoms with Gasteiger partial charge in [-0.2, -0.15) is 0 Å². The lowest BCUT2D eigenvalue weighted by Crippen LogP contribution is -2.18. The fourth-order valence-electron chi connectivity index (χ4n) is 2.55. The first-order valence-electron chi connectivity index (χ1n) is 7.27. The smallest absolute Gasteiger partial charge is 0.0722 e. The summed E-state index contributed by atoms with van der Waals surface area (Å²) >= 11 is 1.72. The zero-order valence-electron chi connectivity index (χ0n) is 12.0. The van der Waals surface area contributed by atoms with Crippen molar-refractivity contribution < 1.29 is 0 Å². The Morgan fingerprint density at radius 3 is 2.29 bits per heavy atom. The van der Waals surface area contributed by atoms with Crippen LogP contribution in [0.4, 0.5) is 0 Å². The third-order valence-corrected chi connectivity index (χ3v) is 4.49. The highest BCUT2D eigenvalue weighted by molar-refractivity contribution is 8.06. The first kappa shape index (κ1) is 14.0. The summed E-state index contributed by atoms with van der Waals surface area (Å²) in [6, 6.07) is 21.2. The monoisotopic (exact) mass is 293 g/mol. The zero-order valence-corrected chi connectivity index (χ0v) is 12.9. The van der Waals surface area contributed by atoms with Gasteiger partial charge in [0.2, 0.25) is 0 Å². The van der Waals surface area contributed by atoms with Crippen molar-refractivity contribution in [2.45, 2.75) is 12.8 Å². The van der Waals surface area contributed by atoms with Gasteiger partial charge < -0.3 is 4.90 Å². The lowest BCUT2D eigenvalue weighted by atomic mass is 10.1. The van der Waals surface area contributed by atoms with Crippen LogP contribution in [0.3, 0.4) is 0 Å². The summed E-state index contributed by atoms with van der Waals surface area (Å²) in [5.74, 6) is 0. The van der Waals surface area contributed by atoms with Crippen LogP contribution in [0.25, 0.3) is 5.70 Å². The molecule has 0 fully saturated rings. The molecule has 0 N–H and O–H groups in total. The normalized spacial score (nSPS) is 14.4. The minimum atomic E-state index is 1.02. The first-order chi connectivity index (χ1) is 10.3. The Bertz CT molecular complexity index is 631. The molecule has 2 aromatic rings. The van der Waals surface area contributed by atoms with E-state index in [0.29, 0.717) is 0 Å². The van der Waals surface area contributed by atoms with Gasteiger partial charge in [-0.25, -0.2) is 0 Å². The van der Waals surface area contributed by atoms with Crippen molar-refractivity contribution in [3.05, 3.63) is 88.8 Å². The van der Waals surface area contributed by atoms with Gasteiger partial charge in [0.1, 0.15) is 0 Å². The molecule has 2 heteroatoms. The SMILES string of the molecule is C=C1SC=C(c2ccccc2)N1CCCc1ccccc1. The Hall–Kier alpha value is -1.93. The molecule has 2 aromatic carbocycles. The number of benzene rings is 2. The summed E-state index contributed by atoms with van der Waals surface area (Å²) in [5, 5.41) is 3.34. The molecule has 0 saturated heterocycles. The highest BCUT2D eigenvalue weighted by Gasteiger charge is 2.20. The molecule has 0 radical (unpaired) electrons. The molecule has 0 saturated carbocycles. The Morgan fingerprint density at radius 1 is 0.905 bits per heavy atom. The number of rotatable bonds is 5. The van der Waals surface area contributed by atoms with Crippen LogP contribution in [0.15, 0.2) is 77.7 Å². The van der Waals surface area contributed by atoms with Gasteiger partial charge in [0.25, 0.3) is 0 Å². The van der Waals surface area contributed by atoms with E-state index in [0.717, 1.165) is 24.4 Å². The van der Waals surface area contributed by atoms with Crippen molar-refractivity contribution in [2.24, 2.45) is 0 Å². The van der Waals surface area contributed by atoms with Crippen molar-refractivity contribution >= 4 is 17.5 Å². The summed E-state index contributed by atoms with van der Waals surface area (Å²) in [6.07, 6.45) is 2.24. The Balaban J connectivity index is 1.64. The van der Waals surface area contributed by atoms with Crippen molar-refractivity contribution in [3.63, 3.8) is 0 Å². The van der Waals surface area contributed by atoms with Crippen LogP contribution in [-0.4, -0.2) is 11.4 Å². The van der Waals surface area contributed by atoms with Crippen LogP contribution in [-0.2, 0) is 6.42 Å². The molecule has 1 aliphatic rings. The van der Waals surface area contributed by atoms with E-state index in [4.69, 9.17) is 0 Å². The second-order valence-corrected chi connectivity index (χ2v) is 6.06. The molecule has 0 aliphatic carbocycles. The standard InChI is InChI=1S/C19H19NS/c1-16-20(14-8-11-17-9-4-2-5-10-17)19(15-21-16)18-12-6-3-7-13-18/h2-7,9-10,12-13,15H,1,8,11,14H2. The van der Waals surface area contributed by atoms with Gasteiger partial charge in [-0.15, -0.1) is 0 Å². The van der Waals surface area contributed by atoms with Crippen LogP contribution in [0, 0.1) is 0 Å². The summed E-state index contributed by atoms with van der Waals surface area (Å²) in [7, 11) is 0. The molecule has 1 nitrogen and oxygen atoms in total. The molecule has 1 heterocycles. The Kier molecular flexibility index (Phi) is 4.46. The third-order valence-electron chi connectivity index (χ3n) is 3.66. The fraction of sp³-hybridized carbons (Fsp3) is 0.158. The molecule has 1 aliphatic heterocycles. The number of aryl methyl sites for hydroxylation is 1. The summed E-state index contributed by atoms with van der Waals surface area (Å²) in [4.78, 5) is 2.34.